The number of nitrogens with two attached hydrogens (primary N) is 1. The quantitative estimate of drug-likeness (QED) is 0.728. The zero-order chi connectivity index (χ0) is 12.7. The summed E-state index contributed by atoms with van der Waals surface area (Å²) in [4.78, 5) is 14.0. The van der Waals surface area contributed by atoms with Crippen LogP contribution in [-0.2, 0) is 4.79 Å². The molecule has 1 heterocycles. The molecule has 0 aliphatic carbocycles. The molecule has 4 nitrogen and oxygen atoms in total. The summed E-state index contributed by atoms with van der Waals surface area (Å²) in [7, 11) is 2.15. The number of hydrogen-bond donors (Lipinski definition) is 2. The van der Waals surface area contributed by atoms with E-state index in [4.69, 9.17) is 5.73 Å². The first kappa shape index (κ1) is 14.5. The summed E-state index contributed by atoms with van der Waals surface area (Å²) in [5, 5.41) is 2.99. The average Bonchev–Trinajstić information content (AvgIpc) is 2.34. The first-order valence-electron chi connectivity index (χ1n) is 6.85. The van der Waals surface area contributed by atoms with Gasteiger partial charge in [0.05, 0.1) is 6.04 Å². The minimum atomic E-state index is -0.318. The fourth-order valence-corrected chi connectivity index (χ4v) is 2.20. The topological polar surface area (TPSA) is 58.4 Å². The van der Waals surface area contributed by atoms with E-state index in [0.29, 0.717) is 5.92 Å². The van der Waals surface area contributed by atoms with Crippen LogP contribution in [0.3, 0.4) is 0 Å². The predicted octanol–water partition coefficient (Wildman–Crippen LogP) is 0.962. The smallest absolute Gasteiger partial charge is 0.236 e. The number of likely N-dealkylation sites (tertiary alicyclic amines) is 1. The van der Waals surface area contributed by atoms with E-state index in [-0.39, 0.29) is 11.9 Å². The summed E-state index contributed by atoms with van der Waals surface area (Å²) < 4.78 is 0. The molecule has 1 saturated heterocycles. The molecule has 3 N–H and O–H groups in total. The third-order valence-corrected chi connectivity index (χ3v) is 3.61. The van der Waals surface area contributed by atoms with Crippen LogP contribution < -0.4 is 11.1 Å². The molecule has 0 bridgehead atoms. The van der Waals surface area contributed by atoms with Gasteiger partial charge in [0, 0.05) is 6.54 Å². The van der Waals surface area contributed by atoms with Gasteiger partial charge in [0.2, 0.25) is 5.91 Å². The van der Waals surface area contributed by atoms with Gasteiger partial charge in [-0.3, -0.25) is 4.79 Å². The highest BCUT2D eigenvalue weighted by atomic mass is 16.2. The van der Waals surface area contributed by atoms with Crippen molar-refractivity contribution in [3.05, 3.63) is 0 Å². The summed E-state index contributed by atoms with van der Waals surface area (Å²) in [6.07, 6.45) is 5.29. The molecule has 1 fully saturated rings. The third-order valence-electron chi connectivity index (χ3n) is 3.61. The molecule has 0 aromatic rings. The Morgan fingerprint density at radius 2 is 2.12 bits per heavy atom. The number of nitrogens with zero attached hydrogens (tertiary/aromatic N) is 1. The van der Waals surface area contributed by atoms with Crippen molar-refractivity contribution in [1.82, 2.24) is 10.2 Å². The lowest BCUT2D eigenvalue weighted by atomic mass is 9.97. The lowest BCUT2D eigenvalue weighted by molar-refractivity contribution is -0.122. The molecule has 17 heavy (non-hydrogen) atoms. The minimum Gasteiger partial charge on any atom is -0.354 e. The van der Waals surface area contributed by atoms with Crippen molar-refractivity contribution in [3.63, 3.8) is 0 Å². The second-order valence-corrected chi connectivity index (χ2v) is 5.24. The van der Waals surface area contributed by atoms with Gasteiger partial charge < -0.3 is 16.0 Å². The zero-order valence-electron chi connectivity index (χ0n) is 11.2. The van der Waals surface area contributed by atoms with Crippen molar-refractivity contribution in [2.75, 3.05) is 26.7 Å². The molecule has 0 radical (unpaired) electrons. The van der Waals surface area contributed by atoms with Crippen molar-refractivity contribution in [1.29, 1.82) is 0 Å². The maximum atomic E-state index is 11.7. The maximum absolute atomic E-state index is 11.7. The molecule has 0 aromatic heterocycles. The number of piperidine rings is 1. The highest BCUT2D eigenvalue weighted by molar-refractivity contribution is 5.81. The number of amides is 1. The number of rotatable bonds is 6. The first-order valence-corrected chi connectivity index (χ1v) is 6.85. The predicted molar refractivity (Wildman–Crippen MR) is 70.7 cm³/mol. The molecule has 1 aliphatic heterocycles. The van der Waals surface area contributed by atoms with Gasteiger partial charge in [0.15, 0.2) is 0 Å². The van der Waals surface area contributed by atoms with Crippen molar-refractivity contribution in [2.24, 2.45) is 11.7 Å². The molecule has 4 heteroatoms. The van der Waals surface area contributed by atoms with Crippen LogP contribution in [0, 0.1) is 5.92 Å². The zero-order valence-corrected chi connectivity index (χ0v) is 11.2. The van der Waals surface area contributed by atoms with Crippen LogP contribution in [0.25, 0.3) is 0 Å². The SMILES string of the molecule is CCCCC(N)C(=O)NCC1CCN(C)CC1. The van der Waals surface area contributed by atoms with Gasteiger partial charge in [-0.25, -0.2) is 0 Å². The van der Waals surface area contributed by atoms with Gasteiger partial charge >= 0.3 is 0 Å². The Kier molecular flexibility index (Phi) is 6.52. The third kappa shape index (κ3) is 5.50. The summed E-state index contributed by atoms with van der Waals surface area (Å²) >= 11 is 0. The van der Waals surface area contributed by atoms with Gasteiger partial charge in [-0.1, -0.05) is 19.8 Å². The Labute approximate surface area is 105 Å². The van der Waals surface area contributed by atoms with E-state index in [1.54, 1.807) is 0 Å². The molecular weight excluding hydrogens is 214 g/mol. The summed E-state index contributed by atoms with van der Waals surface area (Å²) in [5.41, 5.74) is 5.82. The molecule has 1 unspecified atom stereocenters. The Morgan fingerprint density at radius 1 is 1.47 bits per heavy atom. The van der Waals surface area contributed by atoms with E-state index in [2.05, 4.69) is 24.2 Å². The Hall–Kier alpha value is -0.610. The van der Waals surface area contributed by atoms with Gasteiger partial charge in [-0.2, -0.15) is 0 Å². The fourth-order valence-electron chi connectivity index (χ4n) is 2.20. The lowest BCUT2D eigenvalue weighted by Crippen LogP contribution is -2.44. The molecule has 1 rings (SSSR count). The van der Waals surface area contributed by atoms with Crippen LogP contribution in [0.4, 0.5) is 0 Å². The Balaban J connectivity index is 2.14. The molecule has 0 aromatic carbocycles. The monoisotopic (exact) mass is 241 g/mol. The summed E-state index contributed by atoms with van der Waals surface area (Å²) in [6.45, 7) is 5.19. The first-order chi connectivity index (χ1) is 8.13. The molecule has 1 amide bonds. The number of hydrogen-bond acceptors (Lipinski definition) is 3. The van der Waals surface area contributed by atoms with Crippen LogP contribution in [0.15, 0.2) is 0 Å². The minimum absolute atomic E-state index is 0.0254. The lowest BCUT2D eigenvalue weighted by Gasteiger charge is -2.29. The second kappa shape index (κ2) is 7.67. The number of carbonyl (C=O) groups excluding carboxylic acids is 1. The van der Waals surface area contributed by atoms with Gasteiger partial charge in [-0.05, 0) is 45.3 Å². The van der Waals surface area contributed by atoms with Crippen molar-refractivity contribution in [3.8, 4) is 0 Å². The summed E-state index contributed by atoms with van der Waals surface area (Å²) in [6, 6.07) is -0.318. The summed E-state index contributed by atoms with van der Waals surface area (Å²) in [5.74, 6) is 0.658. The van der Waals surface area contributed by atoms with Gasteiger partial charge in [-0.15, -0.1) is 0 Å². The van der Waals surface area contributed by atoms with E-state index >= 15 is 0 Å². The van der Waals surface area contributed by atoms with Crippen LogP contribution in [0.5, 0.6) is 0 Å². The Bertz CT molecular complexity index is 225. The van der Waals surface area contributed by atoms with E-state index in [0.717, 1.165) is 38.9 Å². The number of carbonyl (C=O) groups is 1. The van der Waals surface area contributed by atoms with Crippen LogP contribution >= 0.6 is 0 Å². The highest BCUT2D eigenvalue weighted by Gasteiger charge is 2.18. The normalized spacial score (nSPS) is 20.2. The van der Waals surface area contributed by atoms with Crippen molar-refractivity contribution < 1.29 is 4.79 Å². The van der Waals surface area contributed by atoms with E-state index in [1.807, 2.05) is 0 Å². The fraction of sp³-hybridized carbons (Fsp3) is 0.923. The highest BCUT2D eigenvalue weighted by Crippen LogP contribution is 2.14. The van der Waals surface area contributed by atoms with Crippen LogP contribution in [0.1, 0.15) is 39.0 Å². The molecular formula is C13H27N3O. The van der Waals surface area contributed by atoms with Crippen molar-refractivity contribution >= 4 is 5.91 Å². The van der Waals surface area contributed by atoms with Gasteiger partial charge in [0.25, 0.3) is 0 Å². The van der Waals surface area contributed by atoms with E-state index < -0.39 is 0 Å². The molecule has 0 spiro atoms. The molecule has 0 saturated carbocycles. The molecule has 1 atom stereocenters. The standard InChI is InChI=1S/C13H27N3O/c1-3-4-5-12(14)13(17)15-10-11-6-8-16(2)9-7-11/h11-12H,3-10,14H2,1-2H3,(H,15,17). The van der Waals surface area contributed by atoms with Gasteiger partial charge in [0.1, 0.15) is 0 Å². The molecule has 100 valence electrons. The van der Waals surface area contributed by atoms with Crippen LogP contribution in [0.2, 0.25) is 0 Å². The largest absolute Gasteiger partial charge is 0.354 e. The number of nitrogens with one attached hydrogen (secondary N) is 1. The maximum Gasteiger partial charge on any atom is 0.236 e. The van der Waals surface area contributed by atoms with Crippen molar-refractivity contribution in [2.45, 2.75) is 45.1 Å². The second-order valence-electron chi connectivity index (χ2n) is 5.24. The van der Waals surface area contributed by atoms with E-state index in [1.165, 1.54) is 12.8 Å². The number of unbranched alkanes of at least 4 members (excludes halogenated alkanes) is 1. The average molecular weight is 241 g/mol. The van der Waals surface area contributed by atoms with Crippen LogP contribution in [-0.4, -0.2) is 43.5 Å². The molecule has 1 aliphatic rings. The Morgan fingerprint density at radius 3 is 2.71 bits per heavy atom. The van der Waals surface area contributed by atoms with E-state index in [9.17, 15) is 4.79 Å².